The van der Waals surface area contributed by atoms with Crippen LogP contribution in [0.4, 0.5) is 0 Å². The number of hydrogen-bond acceptors (Lipinski definition) is 2. The summed E-state index contributed by atoms with van der Waals surface area (Å²) in [4.78, 5) is 0. The van der Waals surface area contributed by atoms with Gasteiger partial charge in [0.2, 0.25) is 0 Å². The molecule has 0 aliphatic heterocycles. The lowest BCUT2D eigenvalue weighted by Crippen LogP contribution is -2.32. The summed E-state index contributed by atoms with van der Waals surface area (Å²) < 4.78 is 1.14. The molecule has 0 saturated heterocycles. The first kappa shape index (κ1) is 14.6. The zero-order valence-electron chi connectivity index (χ0n) is 11.9. The number of benzene rings is 1. The second kappa shape index (κ2) is 6.59. The first-order chi connectivity index (χ1) is 9.72. The molecular weight excluding hydrogens is 314 g/mol. The molecule has 0 aromatic heterocycles. The van der Waals surface area contributed by atoms with Gasteiger partial charge in [-0.1, -0.05) is 34.5 Å². The van der Waals surface area contributed by atoms with E-state index in [1.54, 1.807) is 0 Å². The maximum Gasteiger partial charge on any atom is 0.0543 e. The van der Waals surface area contributed by atoms with Crippen LogP contribution in [0.5, 0.6) is 0 Å². The quantitative estimate of drug-likeness (QED) is 0.849. The molecule has 2 aliphatic carbocycles. The van der Waals surface area contributed by atoms with Crippen LogP contribution >= 0.6 is 15.9 Å². The van der Waals surface area contributed by atoms with Gasteiger partial charge < -0.3 is 10.4 Å². The van der Waals surface area contributed by atoms with Gasteiger partial charge in [-0.25, -0.2) is 0 Å². The summed E-state index contributed by atoms with van der Waals surface area (Å²) in [6, 6.07) is 9.24. The fourth-order valence-electron chi connectivity index (χ4n) is 3.40. The third kappa shape index (κ3) is 3.84. The van der Waals surface area contributed by atoms with Crippen LogP contribution in [0.15, 0.2) is 28.7 Å². The highest BCUT2D eigenvalue weighted by Gasteiger charge is 2.32. The van der Waals surface area contributed by atoms with Gasteiger partial charge in [-0.3, -0.25) is 0 Å². The van der Waals surface area contributed by atoms with Gasteiger partial charge in [-0.05, 0) is 68.2 Å². The average Bonchev–Trinajstić information content (AvgIpc) is 3.26. The molecular formula is C17H24BrNO. The second-order valence-corrected chi connectivity index (χ2v) is 7.38. The zero-order valence-corrected chi connectivity index (χ0v) is 13.5. The molecule has 20 heavy (non-hydrogen) atoms. The third-order valence-corrected chi connectivity index (χ3v) is 5.23. The van der Waals surface area contributed by atoms with Gasteiger partial charge in [0.05, 0.1) is 6.10 Å². The summed E-state index contributed by atoms with van der Waals surface area (Å²) in [6.45, 7) is 1.05. The van der Waals surface area contributed by atoms with Gasteiger partial charge in [-0.2, -0.15) is 0 Å². The van der Waals surface area contributed by atoms with Crippen molar-refractivity contribution in [2.45, 2.75) is 50.7 Å². The molecule has 2 N–H and O–H groups in total. The average molecular weight is 338 g/mol. The second-order valence-electron chi connectivity index (χ2n) is 6.46. The van der Waals surface area contributed by atoms with Crippen molar-refractivity contribution in [1.29, 1.82) is 0 Å². The molecule has 2 nitrogen and oxygen atoms in total. The van der Waals surface area contributed by atoms with Gasteiger partial charge in [0.1, 0.15) is 0 Å². The molecule has 0 amide bonds. The topological polar surface area (TPSA) is 32.3 Å². The molecule has 3 rings (SSSR count). The highest BCUT2D eigenvalue weighted by atomic mass is 79.9. The van der Waals surface area contributed by atoms with Crippen molar-refractivity contribution in [3.8, 4) is 0 Å². The highest BCUT2D eigenvalue weighted by Crippen LogP contribution is 2.41. The molecule has 0 heterocycles. The summed E-state index contributed by atoms with van der Waals surface area (Å²) in [5.41, 5.74) is 1.41. The van der Waals surface area contributed by atoms with E-state index in [9.17, 15) is 5.11 Å². The van der Waals surface area contributed by atoms with E-state index < -0.39 is 0 Å². The van der Waals surface area contributed by atoms with Gasteiger partial charge in [0, 0.05) is 10.5 Å². The lowest BCUT2D eigenvalue weighted by Gasteiger charge is -2.28. The van der Waals surface area contributed by atoms with Crippen molar-refractivity contribution in [3.63, 3.8) is 0 Å². The molecule has 3 atom stereocenters. The van der Waals surface area contributed by atoms with E-state index in [4.69, 9.17) is 0 Å². The minimum atomic E-state index is -0.0670. The smallest absolute Gasteiger partial charge is 0.0543 e. The Hall–Kier alpha value is -0.380. The molecule has 3 heteroatoms. The number of aliphatic hydroxyl groups excluding tert-OH is 1. The number of nitrogens with one attached hydrogen (secondary N) is 1. The SMILES string of the molecule is O[C@@H]1CCC[C@@H](CN[C@@H](c2ccc(Br)cc2)C2CC2)C1. The predicted octanol–water partition coefficient (Wildman–Crippen LogP) is 4.04. The van der Waals surface area contributed by atoms with Gasteiger partial charge >= 0.3 is 0 Å². The van der Waals surface area contributed by atoms with E-state index in [1.165, 1.54) is 31.2 Å². The minimum Gasteiger partial charge on any atom is -0.393 e. The Morgan fingerprint density at radius 3 is 2.55 bits per heavy atom. The van der Waals surface area contributed by atoms with Gasteiger partial charge in [0.25, 0.3) is 0 Å². The van der Waals surface area contributed by atoms with Crippen LogP contribution in [0.2, 0.25) is 0 Å². The summed E-state index contributed by atoms with van der Waals surface area (Å²) in [7, 11) is 0. The Bertz CT molecular complexity index is 429. The van der Waals surface area contributed by atoms with Crippen molar-refractivity contribution < 1.29 is 5.11 Å². The Kier molecular flexibility index (Phi) is 4.79. The third-order valence-electron chi connectivity index (χ3n) is 4.70. The minimum absolute atomic E-state index is 0.0670. The molecule has 0 radical (unpaired) electrons. The first-order valence-corrected chi connectivity index (χ1v) is 8.68. The Labute approximate surface area is 130 Å². The first-order valence-electron chi connectivity index (χ1n) is 7.89. The summed E-state index contributed by atoms with van der Waals surface area (Å²) in [5.74, 6) is 1.46. The Morgan fingerprint density at radius 1 is 1.15 bits per heavy atom. The summed E-state index contributed by atoms with van der Waals surface area (Å²) in [5, 5.41) is 13.6. The molecule has 0 spiro atoms. The molecule has 110 valence electrons. The van der Waals surface area contributed by atoms with Crippen molar-refractivity contribution in [1.82, 2.24) is 5.32 Å². The van der Waals surface area contributed by atoms with Crippen LogP contribution in [0.25, 0.3) is 0 Å². The van der Waals surface area contributed by atoms with Gasteiger partial charge in [-0.15, -0.1) is 0 Å². The van der Waals surface area contributed by atoms with E-state index in [-0.39, 0.29) is 6.10 Å². The van der Waals surface area contributed by atoms with Crippen LogP contribution < -0.4 is 5.32 Å². The molecule has 1 aromatic carbocycles. The van der Waals surface area contributed by atoms with E-state index in [2.05, 4.69) is 45.5 Å². The van der Waals surface area contributed by atoms with Crippen molar-refractivity contribution in [3.05, 3.63) is 34.3 Å². The largest absolute Gasteiger partial charge is 0.393 e. The van der Waals surface area contributed by atoms with E-state index in [0.29, 0.717) is 12.0 Å². The number of hydrogen-bond donors (Lipinski definition) is 2. The van der Waals surface area contributed by atoms with Crippen LogP contribution in [0, 0.1) is 11.8 Å². The fraction of sp³-hybridized carbons (Fsp3) is 0.647. The molecule has 2 saturated carbocycles. The number of aliphatic hydroxyl groups is 1. The monoisotopic (exact) mass is 337 g/mol. The zero-order chi connectivity index (χ0) is 13.9. The van der Waals surface area contributed by atoms with Crippen LogP contribution in [0.3, 0.4) is 0 Å². The van der Waals surface area contributed by atoms with E-state index in [0.717, 1.165) is 29.8 Å². The lowest BCUT2D eigenvalue weighted by molar-refractivity contribution is 0.0993. The standard InChI is InChI=1S/C17H24BrNO/c18-15-8-6-14(7-9-15)17(13-4-5-13)19-11-12-2-1-3-16(20)10-12/h6-9,12-13,16-17,19-20H,1-5,10-11H2/t12-,16-,17-/m1/s1. The highest BCUT2D eigenvalue weighted by molar-refractivity contribution is 9.10. The van der Waals surface area contributed by atoms with Gasteiger partial charge in [0.15, 0.2) is 0 Å². The van der Waals surface area contributed by atoms with E-state index in [1.807, 2.05) is 0 Å². The van der Waals surface area contributed by atoms with Crippen LogP contribution in [-0.2, 0) is 0 Å². The maximum absolute atomic E-state index is 9.78. The normalized spacial score (nSPS) is 28.3. The fourth-order valence-corrected chi connectivity index (χ4v) is 3.66. The molecule has 0 bridgehead atoms. The number of rotatable bonds is 5. The molecule has 0 unspecified atom stereocenters. The van der Waals surface area contributed by atoms with E-state index >= 15 is 0 Å². The summed E-state index contributed by atoms with van der Waals surface area (Å²) >= 11 is 3.51. The molecule has 2 aliphatic rings. The predicted molar refractivity (Wildman–Crippen MR) is 85.6 cm³/mol. The summed E-state index contributed by atoms with van der Waals surface area (Å²) in [6.07, 6.45) is 7.05. The lowest BCUT2D eigenvalue weighted by atomic mass is 9.87. The Balaban J connectivity index is 1.59. The van der Waals surface area contributed by atoms with Crippen molar-refractivity contribution in [2.75, 3.05) is 6.54 Å². The van der Waals surface area contributed by atoms with Crippen molar-refractivity contribution >= 4 is 15.9 Å². The molecule has 2 fully saturated rings. The van der Waals surface area contributed by atoms with Crippen molar-refractivity contribution in [2.24, 2.45) is 11.8 Å². The Morgan fingerprint density at radius 2 is 1.90 bits per heavy atom. The van der Waals surface area contributed by atoms with Crippen LogP contribution in [0.1, 0.15) is 50.1 Å². The van der Waals surface area contributed by atoms with Crippen LogP contribution in [-0.4, -0.2) is 17.8 Å². The molecule has 1 aromatic rings. The maximum atomic E-state index is 9.78. The number of halogens is 1.